The van der Waals surface area contributed by atoms with Crippen LogP contribution in [0.1, 0.15) is 0 Å². The molecular formula is C37H54Cl4N14O5S. The van der Waals surface area contributed by atoms with Gasteiger partial charge in [0, 0.05) is 83.1 Å². The summed E-state index contributed by atoms with van der Waals surface area (Å²) in [6.45, 7) is 12.7. The molecule has 2 aliphatic heterocycles. The molecular weight excluding hydrogens is 894 g/mol. The van der Waals surface area contributed by atoms with Gasteiger partial charge >= 0.3 is 0 Å². The van der Waals surface area contributed by atoms with Crippen molar-refractivity contribution in [2.75, 3.05) is 147 Å². The lowest BCUT2D eigenvalue weighted by Crippen LogP contribution is -2.45. The number of hydrogen-bond acceptors (Lipinski definition) is 19. The van der Waals surface area contributed by atoms with E-state index >= 15 is 0 Å². The van der Waals surface area contributed by atoms with Gasteiger partial charge in [-0.25, -0.2) is 0 Å². The summed E-state index contributed by atoms with van der Waals surface area (Å²) in [4.78, 5) is 15.4. The summed E-state index contributed by atoms with van der Waals surface area (Å²) >= 11 is 24.4. The molecule has 336 valence electrons. The lowest BCUT2D eigenvalue weighted by molar-refractivity contribution is 0.0866. The Balaban J connectivity index is 0.000000232. The minimum atomic E-state index is -3.45. The van der Waals surface area contributed by atoms with Gasteiger partial charge in [0.15, 0.2) is 11.6 Å². The number of benzene rings is 2. The molecule has 0 aliphatic carbocycles. The maximum atomic E-state index is 10.8. The molecule has 0 spiro atoms. The van der Waals surface area contributed by atoms with Gasteiger partial charge in [0.05, 0.1) is 59.4 Å². The number of halogens is 4. The van der Waals surface area contributed by atoms with Crippen molar-refractivity contribution in [1.29, 1.82) is 0 Å². The zero-order chi connectivity index (χ0) is 44.2. The van der Waals surface area contributed by atoms with Gasteiger partial charge in [-0.1, -0.05) is 70.7 Å². The van der Waals surface area contributed by atoms with E-state index in [-0.39, 0.29) is 37.4 Å². The Bertz CT molecular complexity index is 2070. The average molecular weight is 949 g/mol. The van der Waals surface area contributed by atoms with Gasteiger partial charge in [-0.3, -0.25) is 9.08 Å². The van der Waals surface area contributed by atoms with E-state index in [0.29, 0.717) is 74.9 Å². The Morgan fingerprint density at radius 3 is 1.59 bits per heavy atom. The second kappa shape index (κ2) is 26.2. The van der Waals surface area contributed by atoms with Gasteiger partial charge in [0.2, 0.25) is 11.9 Å². The monoisotopic (exact) mass is 946 g/mol. The normalized spacial score (nSPS) is 15.0. The Hall–Kier alpha value is -3.51. The van der Waals surface area contributed by atoms with E-state index in [1.54, 1.807) is 36.4 Å². The molecule has 2 saturated heterocycles. The van der Waals surface area contributed by atoms with Gasteiger partial charge in [0.25, 0.3) is 10.1 Å². The molecule has 4 aromatic rings. The first-order valence-electron chi connectivity index (χ1n) is 19.4. The first-order chi connectivity index (χ1) is 29.2. The van der Waals surface area contributed by atoms with Gasteiger partial charge in [-0.15, -0.1) is 20.4 Å². The first-order valence-corrected chi connectivity index (χ1v) is 22.7. The summed E-state index contributed by atoms with van der Waals surface area (Å²) in [6.07, 6.45) is 0.976. The number of likely N-dealkylation sites (N-methyl/N-ethyl adjacent to an activating group) is 2. The number of aromatic nitrogens is 6. The number of nitrogens with zero attached hydrogens (tertiary/aromatic N) is 9. The van der Waals surface area contributed by atoms with Crippen LogP contribution in [0.25, 0.3) is 22.5 Å². The number of piperazine rings is 2. The maximum absolute atomic E-state index is 10.8. The fraction of sp³-hybridized carbons (Fsp3) is 0.514. The second-order valence-electron chi connectivity index (χ2n) is 13.7. The van der Waals surface area contributed by atoms with Crippen LogP contribution in [-0.2, 0) is 23.8 Å². The quantitative estimate of drug-likeness (QED) is 0.0753. The molecule has 19 nitrogen and oxygen atoms in total. The van der Waals surface area contributed by atoms with Crippen LogP contribution in [0.2, 0.25) is 20.1 Å². The molecule has 24 heteroatoms. The van der Waals surface area contributed by atoms with Crippen molar-refractivity contribution < 1.29 is 22.1 Å². The second-order valence-corrected chi connectivity index (χ2v) is 17.0. The Morgan fingerprint density at radius 2 is 1.15 bits per heavy atom. The summed E-state index contributed by atoms with van der Waals surface area (Å²) < 4.78 is 37.0. The molecule has 2 fully saturated rings. The molecule has 0 bridgehead atoms. The van der Waals surface area contributed by atoms with E-state index in [4.69, 9.17) is 67.3 Å². The van der Waals surface area contributed by atoms with Crippen molar-refractivity contribution in [3.63, 3.8) is 0 Å². The first kappa shape index (κ1) is 50.1. The van der Waals surface area contributed by atoms with Crippen LogP contribution in [0, 0.1) is 0 Å². The summed E-state index contributed by atoms with van der Waals surface area (Å²) in [7, 11) is 0.853. The molecule has 7 N–H and O–H groups in total. The highest BCUT2D eigenvalue weighted by atomic mass is 35.5. The smallest absolute Gasteiger partial charge is 0.264 e. The van der Waals surface area contributed by atoms with Crippen molar-refractivity contribution in [2.24, 2.45) is 0 Å². The van der Waals surface area contributed by atoms with Crippen LogP contribution < -0.4 is 27.4 Å². The predicted molar refractivity (Wildman–Crippen MR) is 243 cm³/mol. The topological polar surface area (TPSA) is 237 Å². The predicted octanol–water partition coefficient (Wildman–Crippen LogP) is 3.46. The molecule has 6 rings (SSSR count). The minimum Gasteiger partial charge on any atom is -0.382 e. The van der Waals surface area contributed by atoms with Gasteiger partial charge < -0.3 is 46.7 Å². The minimum absolute atomic E-state index is 0.0427. The lowest BCUT2D eigenvalue weighted by atomic mass is 10.1. The lowest BCUT2D eigenvalue weighted by Gasteiger charge is -2.32. The third-order valence-electron chi connectivity index (χ3n) is 8.91. The van der Waals surface area contributed by atoms with Crippen molar-refractivity contribution in [3.05, 3.63) is 56.5 Å². The van der Waals surface area contributed by atoms with Crippen molar-refractivity contribution in [3.8, 4) is 22.5 Å². The van der Waals surface area contributed by atoms with Crippen LogP contribution >= 0.6 is 46.4 Å². The number of ether oxygens (including phenoxy) is 2. The summed E-state index contributed by atoms with van der Waals surface area (Å²) in [5.41, 5.74) is 13.8. The molecule has 0 saturated carbocycles. The van der Waals surface area contributed by atoms with Crippen LogP contribution in [0.15, 0.2) is 36.4 Å². The summed E-state index contributed by atoms with van der Waals surface area (Å²) in [5, 5.41) is 26.9. The molecule has 0 unspecified atom stereocenters. The van der Waals surface area contributed by atoms with Gasteiger partial charge in [-0.2, -0.15) is 18.4 Å². The van der Waals surface area contributed by atoms with Gasteiger partial charge in [-0.05, 0) is 26.2 Å². The molecule has 61 heavy (non-hydrogen) atoms. The van der Waals surface area contributed by atoms with E-state index in [0.717, 1.165) is 52.1 Å². The van der Waals surface area contributed by atoms with E-state index in [1.165, 1.54) is 13.1 Å². The van der Waals surface area contributed by atoms with E-state index in [2.05, 4.69) is 79.3 Å². The molecule has 2 aliphatic rings. The fourth-order valence-electron chi connectivity index (χ4n) is 5.54. The number of nitrogens with one attached hydrogen (secondary N) is 3. The number of nitrogen functional groups attached to an aromatic ring is 2. The fourth-order valence-corrected chi connectivity index (χ4v) is 6.69. The average Bonchev–Trinajstić information content (AvgIpc) is 3.22. The van der Waals surface area contributed by atoms with Crippen molar-refractivity contribution in [1.82, 2.24) is 50.4 Å². The number of hydrogen-bond donors (Lipinski definition) is 5. The Kier molecular flexibility index (Phi) is 21.5. The highest BCUT2D eigenvalue weighted by Gasteiger charge is 2.16. The maximum Gasteiger partial charge on any atom is 0.264 e. The zero-order valence-corrected chi connectivity index (χ0v) is 38.3. The number of anilines is 4. The molecule has 0 atom stereocenters. The van der Waals surface area contributed by atoms with E-state index < -0.39 is 10.1 Å². The zero-order valence-electron chi connectivity index (χ0n) is 34.4. The highest BCUT2D eigenvalue weighted by molar-refractivity contribution is 7.85. The van der Waals surface area contributed by atoms with Crippen LogP contribution in [0.4, 0.5) is 23.5 Å². The van der Waals surface area contributed by atoms with Crippen LogP contribution in [0.5, 0.6) is 0 Å². The van der Waals surface area contributed by atoms with Crippen LogP contribution in [0.3, 0.4) is 0 Å². The molecule has 0 radical (unpaired) electrons. The standard InChI is InChI=1S/C18H25Cl2N7O.C14H17Cl2N5O4S.C5H12N2/c1-26-6-8-27(9-7-26)10-12-28-11-5-22-18-23-17(21)16(24-25-18)13-3-2-4-14(19)15(13)20;1-26(22,23)25-8-7-24-6-5-18-14-19-13(17)12(20-21-14)9-3-2-4-10(15)11(9)16;1-7-4-2-6-3-5-7/h2-4H,5-12H2,1H3,(H3,21,22,23,25);2-4H,5-8H2,1H3,(H3,17,18,19,21);6H,2-5H2,1H3. The SMILES string of the molecule is CN1CCN(CCOCCNc2nnc(-c3cccc(Cl)c3Cl)c(N)n2)CC1.CN1CCNCC1.CS(=O)(=O)OCCOCCNc1nnc(-c2cccc(Cl)c2Cl)c(N)n1. The third-order valence-corrected chi connectivity index (χ3v) is 11.1. The molecule has 2 aromatic carbocycles. The van der Waals surface area contributed by atoms with Crippen LogP contribution in [-0.4, -0.2) is 179 Å². The van der Waals surface area contributed by atoms with Crippen molar-refractivity contribution in [2.45, 2.75) is 0 Å². The molecule has 2 aromatic heterocycles. The van der Waals surface area contributed by atoms with Gasteiger partial charge in [0.1, 0.15) is 11.4 Å². The molecule has 4 heterocycles. The third kappa shape index (κ3) is 18.0. The Morgan fingerprint density at radius 1 is 0.672 bits per heavy atom. The number of rotatable bonds is 17. The highest BCUT2D eigenvalue weighted by Crippen LogP contribution is 2.35. The Labute approximate surface area is 377 Å². The van der Waals surface area contributed by atoms with Crippen molar-refractivity contribution >= 4 is 80.1 Å². The van der Waals surface area contributed by atoms with E-state index in [9.17, 15) is 8.42 Å². The van der Waals surface area contributed by atoms with E-state index in [1.807, 2.05) is 0 Å². The largest absolute Gasteiger partial charge is 0.382 e. The molecule has 0 amide bonds. The summed E-state index contributed by atoms with van der Waals surface area (Å²) in [6, 6.07) is 10.3. The number of nitrogens with two attached hydrogens (primary N) is 2. The summed E-state index contributed by atoms with van der Waals surface area (Å²) in [5.74, 6) is 0.953.